The van der Waals surface area contributed by atoms with E-state index in [1.165, 1.54) is 0 Å². The van der Waals surface area contributed by atoms with E-state index in [-0.39, 0.29) is 0 Å². The Kier molecular flexibility index (Phi) is 8.71. The monoisotopic (exact) mass is 432 g/mol. The fraction of sp³-hybridized carbons (Fsp3) is 0.842. The quantitative estimate of drug-likeness (QED) is 0.262. The van der Waals surface area contributed by atoms with Crippen LogP contribution in [-0.2, 0) is 18.4 Å². The van der Waals surface area contributed by atoms with Crippen molar-refractivity contribution < 1.29 is 23.5 Å². The van der Waals surface area contributed by atoms with Crippen LogP contribution in [0, 0.1) is 5.92 Å². The molecule has 5 nitrogen and oxygen atoms in total. The minimum atomic E-state index is -1.72. The Morgan fingerprint density at radius 3 is 2.07 bits per heavy atom. The lowest BCUT2D eigenvalue weighted by Gasteiger charge is -2.42. The van der Waals surface area contributed by atoms with Crippen LogP contribution in [0.25, 0.3) is 0 Å². The molecule has 0 spiro atoms. The summed E-state index contributed by atoms with van der Waals surface area (Å²) in [7, 11) is -2.60. The van der Waals surface area contributed by atoms with E-state index in [0.29, 0.717) is 24.3 Å². The van der Waals surface area contributed by atoms with Gasteiger partial charge in [-0.3, -0.25) is 0 Å². The standard InChI is InChI=1S/C19H40O5Si3/c1-14(2)18(21)22-17-10-9-15(13-16(17)20)11-12-19(25,23-26(3,4)5)24-27(6,7)8/h15-17,20H,1,9-13H2,2-8,25H3. The van der Waals surface area contributed by atoms with E-state index in [4.69, 9.17) is 13.6 Å². The average molecular weight is 433 g/mol. The summed E-state index contributed by atoms with van der Waals surface area (Å²) in [5, 5.41) is 10.4. The largest absolute Gasteiger partial charge is 0.456 e. The lowest BCUT2D eigenvalue weighted by atomic mass is 9.82. The van der Waals surface area contributed by atoms with Crippen LogP contribution in [0.15, 0.2) is 12.2 Å². The second-order valence-electron chi connectivity index (χ2n) is 10.1. The molecule has 1 rings (SSSR count). The van der Waals surface area contributed by atoms with Crippen molar-refractivity contribution in [3.05, 3.63) is 12.2 Å². The minimum absolute atomic E-state index is 0.372. The van der Waals surface area contributed by atoms with Crippen molar-refractivity contribution in [2.24, 2.45) is 5.92 Å². The first kappa shape index (κ1) is 24.8. The molecule has 0 aliphatic heterocycles. The molecule has 1 aliphatic rings. The number of hydrogen-bond donors (Lipinski definition) is 1. The van der Waals surface area contributed by atoms with Crippen LogP contribution < -0.4 is 0 Å². The summed E-state index contributed by atoms with van der Waals surface area (Å²) in [5.41, 5.74) is -0.0552. The molecule has 0 heterocycles. The van der Waals surface area contributed by atoms with Gasteiger partial charge in [0.25, 0.3) is 0 Å². The van der Waals surface area contributed by atoms with Gasteiger partial charge in [-0.25, -0.2) is 4.79 Å². The number of rotatable bonds is 9. The smallest absolute Gasteiger partial charge is 0.333 e. The highest BCUT2D eigenvalue weighted by Crippen LogP contribution is 2.34. The van der Waals surface area contributed by atoms with Crippen molar-refractivity contribution >= 4 is 32.8 Å². The number of carbonyl (C=O) groups is 1. The van der Waals surface area contributed by atoms with E-state index in [0.717, 1.165) is 29.5 Å². The third-order valence-electron chi connectivity index (χ3n) is 4.52. The maximum Gasteiger partial charge on any atom is 0.333 e. The fourth-order valence-electron chi connectivity index (χ4n) is 3.73. The Labute approximate surface area is 170 Å². The molecule has 27 heavy (non-hydrogen) atoms. The van der Waals surface area contributed by atoms with Crippen LogP contribution in [-0.4, -0.2) is 55.6 Å². The van der Waals surface area contributed by atoms with Crippen molar-refractivity contribution in [3.8, 4) is 0 Å². The predicted octanol–water partition coefficient (Wildman–Crippen LogP) is 3.14. The van der Waals surface area contributed by atoms with Crippen molar-refractivity contribution in [2.45, 2.75) is 95.9 Å². The first-order valence-corrected chi connectivity index (χ1v) is 17.9. The summed E-state index contributed by atoms with van der Waals surface area (Å²) in [5.74, 6) is -0.00766. The lowest BCUT2D eigenvalue weighted by molar-refractivity contribution is -0.154. The van der Waals surface area contributed by atoms with Crippen LogP contribution in [0.2, 0.25) is 39.3 Å². The van der Waals surface area contributed by atoms with Crippen molar-refractivity contribution in [2.75, 3.05) is 0 Å². The molecule has 3 atom stereocenters. The molecule has 0 radical (unpaired) electrons. The molecule has 8 heteroatoms. The number of esters is 1. The van der Waals surface area contributed by atoms with Crippen molar-refractivity contribution in [3.63, 3.8) is 0 Å². The van der Waals surface area contributed by atoms with Gasteiger partial charge in [0.15, 0.2) is 16.6 Å². The number of aliphatic hydroxyl groups excluding tert-OH is 1. The van der Waals surface area contributed by atoms with Crippen LogP contribution in [0.5, 0.6) is 0 Å². The molecule has 158 valence electrons. The first-order valence-electron chi connectivity index (χ1n) is 10.1. The van der Waals surface area contributed by atoms with E-state index in [1.54, 1.807) is 6.92 Å². The predicted molar refractivity (Wildman–Crippen MR) is 119 cm³/mol. The zero-order valence-electron chi connectivity index (χ0n) is 18.6. The molecule has 1 saturated carbocycles. The molecular weight excluding hydrogens is 392 g/mol. The topological polar surface area (TPSA) is 65.0 Å². The van der Waals surface area contributed by atoms with Crippen molar-refractivity contribution in [1.82, 2.24) is 0 Å². The Morgan fingerprint density at radius 1 is 1.15 bits per heavy atom. The highest BCUT2D eigenvalue weighted by atomic mass is 28.4. The Hall–Kier alpha value is -0.259. The van der Waals surface area contributed by atoms with Gasteiger partial charge in [0.2, 0.25) is 0 Å². The van der Waals surface area contributed by atoms with E-state index < -0.39 is 40.2 Å². The van der Waals surface area contributed by atoms with Gasteiger partial charge in [0.05, 0.1) is 16.3 Å². The van der Waals surface area contributed by atoms with Crippen LogP contribution in [0.4, 0.5) is 0 Å². The van der Waals surface area contributed by atoms with Gasteiger partial charge in [-0.05, 0) is 84.2 Å². The summed E-state index contributed by atoms with van der Waals surface area (Å²) in [4.78, 5) is 11.7. The zero-order valence-corrected chi connectivity index (χ0v) is 22.6. The molecule has 0 aromatic heterocycles. The first-order chi connectivity index (χ1) is 12.1. The van der Waals surface area contributed by atoms with Gasteiger partial charge < -0.3 is 18.7 Å². The van der Waals surface area contributed by atoms with E-state index in [9.17, 15) is 9.90 Å². The third kappa shape index (κ3) is 9.67. The number of aliphatic hydroxyl groups is 1. The highest BCUT2D eigenvalue weighted by Gasteiger charge is 2.38. The second-order valence-corrected chi connectivity index (χ2v) is 20.5. The maximum absolute atomic E-state index is 11.7. The molecule has 0 aromatic rings. The van der Waals surface area contributed by atoms with E-state index >= 15 is 0 Å². The number of carbonyl (C=O) groups excluding carboxylic acids is 1. The molecule has 1 fully saturated rings. The number of hydrogen-bond acceptors (Lipinski definition) is 5. The molecule has 1 aliphatic carbocycles. The van der Waals surface area contributed by atoms with Crippen LogP contribution >= 0.6 is 0 Å². The van der Waals surface area contributed by atoms with Gasteiger partial charge in [0.1, 0.15) is 11.5 Å². The lowest BCUT2D eigenvalue weighted by Crippen LogP contribution is -2.51. The summed E-state index contributed by atoms with van der Waals surface area (Å²) < 4.78 is 18.4. The summed E-state index contributed by atoms with van der Waals surface area (Å²) in [6, 6.07) is 0. The third-order valence-corrected chi connectivity index (χ3v) is 8.33. The van der Waals surface area contributed by atoms with Crippen LogP contribution in [0.3, 0.4) is 0 Å². The summed E-state index contributed by atoms with van der Waals surface area (Å²) in [6.07, 6.45) is 3.13. The Balaban J connectivity index is 2.64. The molecule has 0 amide bonds. The van der Waals surface area contributed by atoms with Gasteiger partial charge in [0, 0.05) is 5.57 Å². The zero-order chi connectivity index (χ0) is 21.0. The fourth-order valence-corrected chi connectivity index (χ4v) is 10.7. The van der Waals surface area contributed by atoms with Gasteiger partial charge in [-0.15, -0.1) is 0 Å². The summed E-state index contributed by atoms with van der Waals surface area (Å²) in [6.45, 7) is 18.5. The molecule has 1 N–H and O–H groups in total. The highest BCUT2D eigenvalue weighted by molar-refractivity contribution is 6.71. The molecular formula is C19H40O5Si3. The van der Waals surface area contributed by atoms with Gasteiger partial charge in [-0.2, -0.15) is 0 Å². The molecule has 0 bridgehead atoms. The normalized spacial score (nSPS) is 24.7. The second kappa shape index (κ2) is 9.49. The summed E-state index contributed by atoms with van der Waals surface area (Å²) >= 11 is 0. The SMILES string of the molecule is C=C(C)C(=O)OC1CCC(CCC([SiH3])(O[Si](C)(C)C)O[Si](C)(C)C)CC1O. The minimum Gasteiger partial charge on any atom is -0.456 e. The van der Waals surface area contributed by atoms with E-state index in [2.05, 4.69) is 45.9 Å². The van der Waals surface area contributed by atoms with Crippen LogP contribution in [0.1, 0.15) is 39.0 Å². The molecule has 3 unspecified atom stereocenters. The maximum atomic E-state index is 11.7. The molecule has 0 saturated heterocycles. The Bertz CT molecular complexity index is 508. The molecule has 0 aromatic carbocycles. The number of ether oxygens (including phenoxy) is 1. The van der Waals surface area contributed by atoms with Crippen molar-refractivity contribution in [1.29, 1.82) is 0 Å². The average Bonchev–Trinajstić information content (AvgIpc) is 2.43. The Morgan fingerprint density at radius 2 is 1.67 bits per heavy atom. The van der Waals surface area contributed by atoms with E-state index in [1.807, 2.05) is 0 Å². The van der Waals surface area contributed by atoms with Gasteiger partial charge >= 0.3 is 5.97 Å². The van der Waals surface area contributed by atoms with Gasteiger partial charge in [-0.1, -0.05) is 6.58 Å².